The quantitative estimate of drug-likeness (QED) is 0.732. The van der Waals surface area contributed by atoms with Crippen molar-refractivity contribution in [3.05, 3.63) is 0 Å². The molecule has 1 aliphatic heterocycles. The third kappa shape index (κ3) is 3.46. The number of hydrogen-bond donors (Lipinski definition) is 0. The number of rotatable bonds is 3. The Kier molecular flexibility index (Phi) is 3.91. The maximum absolute atomic E-state index is 5.91. The van der Waals surface area contributed by atoms with E-state index in [0.29, 0.717) is 0 Å². The Morgan fingerprint density at radius 1 is 1.12 bits per heavy atom. The van der Waals surface area contributed by atoms with Crippen LogP contribution in [0.25, 0.3) is 0 Å². The van der Waals surface area contributed by atoms with Crippen LogP contribution >= 0.6 is 0 Å². The third-order valence-electron chi connectivity index (χ3n) is 3.92. The molecule has 16 heavy (non-hydrogen) atoms. The molecule has 0 bridgehead atoms. The van der Waals surface area contributed by atoms with E-state index in [1.165, 1.54) is 45.2 Å². The molecule has 2 rings (SSSR count). The summed E-state index contributed by atoms with van der Waals surface area (Å²) in [5, 5.41) is 0. The van der Waals surface area contributed by atoms with Gasteiger partial charge in [0.2, 0.25) is 0 Å². The molecule has 2 aliphatic rings. The maximum Gasteiger partial charge on any atom is 0.0598 e. The predicted molar refractivity (Wildman–Crippen MR) is 67.6 cm³/mol. The van der Waals surface area contributed by atoms with Crippen molar-refractivity contribution in [2.24, 2.45) is 5.92 Å². The van der Waals surface area contributed by atoms with Crippen LogP contribution in [-0.2, 0) is 4.74 Å². The van der Waals surface area contributed by atoms with Crippen molar-refractivity contribution in [2.45, 2.75) is 64.5 Å². The minimum atomic E-state index is 0.0335. The third-order valence-corrected chi connectivity index (χ3v) is 3.92. The van der Waals surface area contributed by atoms with Crippen molar-refractivity contribution in [2.75, 3.05) is 19.7 Å². The lowest BCUT2D eigenvalue weighted by Gasteiger charge is -2.24. The molecule has 0 spiro atoms. The number of likely N-dealkylation sites (tertiary alicyclic amines) is 1. The Balaban J connectivity index is 1.71. The second kappa shape index (κ2) is 5.05. The van der Waals surface area contributed by atoms with Gasteiger partial charge in [-0.1, -0.05) is 0 Å². The summed E-state index contributed by atoms with van der Waals surface area (Å²) in [5.41, 5.74) is 0.0335. The smallest absolute Gasteiger partial charge is 0.0598 e. The van der Waals surface area contributed by atoms with Crippen molar-refractivity contribution >= 4 is 0 Å². The predicted octanol–water partition coefficient (Wildman–Crippen LogP) is 3.07. The second-order valence-corrected chi connectivity index (χ2v) is 6.50. The van der Waals surface area contributed by atoms with Crippen molar-refractivity contribution in [3.8, 4) is 0 Å². The normalized spacial score (nSPS) is 32.4. The van der Waals surface area contributed by atoms with Crippen molar-refractivity contribution in [1.29, 1.82) is 0 Å². The van der Waals surface area contributed by atoms with E-state index in [-0.39, 0.29) is 5.60 Å². The van der Waals surface area contributed by atoms with Gasteiger partial charge in [0.1, 0.15) is 0 Å². The summed E-state index contributed by atoms with van der Waals surface area (Å²) in [4.78, 5) is 2.71. The lowest BCUT2D eigenvalue weighted by atomic mass is 10.1. The molecule has 2 nitrogen and oxygen atoms in total. The molecular formula is C14H27NO. The van der Waals surface area contributed by atoms with Crippen LogP contribution in [0.4, 0.5) is 0 Å². The molecule has 2 atom stereocenters. The van der Waals surface area contributed by atoms with Gasteiger partial charge in [-0.15, -0.1) is 0 Å². The maximum atomic E-state index is 5.91. The van der Waals surface area contributed by atoms with E-state index in [1.54, 1.807) is 0 Å². The molecule has 2 fully saturated rings. The van der Waals surface area contributed by atoms with E-state index < -0.39 is 0 Å². The molecule has 0 amide bonds. The Labute approximate surface area is 100 Å². The average molecular weight is 225 g/mol. The first-order valence-electron chi connectivity index (χ1n) is 6.92. The fourth-order valence-corrected chi connectivity index (χ4v) is 3.01. The molecular weight excluding hydrogens is 198 g/mol. The van der Waals surface area contributed by atoms with Gasteiger partial charge in [-0.25, -0.2) is 0 Å². The molecule has 0 aromatic carbocycles. The Morgan fingerprint density at radius 2 is 1.81 bits per heavy atom. The van der Waals surface area contributed by atoms with Gasteiger partial charge in [0.25, 0.3) is 0 Å². The highest BCUT2D eigenvalue weighted by Crippen LogP contribution is 2.32. The van der Waals surface area contributed by atoms with E-state index in [4.69, 9.17) is 4.74 Å². The molecule has 2 unspecified atom stereocenters. The molecule has 0 aromatic rings. The van der Waals surface area contributed by atoms with Gasteiger partial charge in [-0.2, -0.15) is 0 Å². The van der Waals surface area contributed by atoms with Gasteiger partial charge in [-0.3, -0.25) is 0 Å². The topological polar surface area (TPSA) is 12.5 Å². The van der Waals surface area contributed by atoms with Gasteiger partial charge in [-0.05, 0) is 71.9 Å². The molecule has 0 radical (unpaired) electrons. The van der Waals surface area contributed by atoms with E-state index in [1.807, 2.05) is 0 Å². The second-order valence-electron chi connectivity index (χ2n) is 6.50. The first-order valence-corrected chi connectivity index (χ1v) is 6.92. The van der Waals surface area contributed by atoms with Gasteiger partial charge in [0.15, 0.2) is 0 Å². The van der Waals surface area contributed by atoms with Crippen LogP contribution in [0.3, 0.4) is 0 Å². The molecule has 94 valence electrons. The number of nitrogens with zero attached hydrogens (tertiary/aromatic N) is 1. The lowest BCUT2D eigenvalue weighted by Crippen LogP contribution is -2.31. The first kappa shape index (κ1) is 12.4. The summed E-state index contributed by atoms with van der Waals surface area (Å²) in [6.07, 6.45) is 6.98. The van der Waals surface area contributed by atoms with Gasteiger partial charge in [0, 0.05) is 6.04 Å². The summed E-state index contributed by atoms with van der Waals surface area (Å²) in [6, 6.07) is 0.871. The largest absolute Gasteiger partial charge is 0.376 e. The van der Waals surface area contributed by atoms with Crippen LogP contribution in [0.15, 0.2) is 0 Å². The van der Waals surface area contributed by atoms with Crippen LogP contribution in [-0.4, -0.2) is 36.2 Å². The summed E-state index contributed by atoms with van der Waals surface area (Å²) in [5.74, 6) is 0.810. The minimum absolute atomic E-state index is 0.0335. The van der Waals surface area contributed by atoms with Crippen LogP contribution in [0, 0.1) is 5.92 Å². The van der Waals surface area contributed by atoms with Gasteiger partial charge < -0.3 is 9.64 Å². The fourth-order valence-electron chi connectivity index (χ4n) is 3.01. The van der Waals surface area contributed by atoms with E-state index >= 15 is 0 Å². The van der Waals surface area contributed by atoms with Crippen molar-refractivity contribution < 1.29 is 4.74 Å². The standard InChI is InChI=1S/C14H27NO/c1-14(2,3)16-11-12-6-7-13(10-12)15-8-4-5-9-15/h12-13H,4-11H2,1-3H3. The zero-order valence-electron chi connectivity index (χ0n) is 11.2. The molecule has 0 N–H and O–H groups in total. The highest BCUT2D eigenvalue weighted by Gasteiger charge is 2.31. The minimum Gasteiger partial charge on any atom is -0.376 e. The first-order chi connectivity index (χ1) is 7.54. The van der Waals surface area contributed by atoms with Crippen LogP contribution in [0.2, 0.25) is 0 Å². The summed E-state index contributed by atoms with van der Waals surface area (Å²) < 4.78 is 5.91. The summed E-state index contributed by atoms with van der Waals surface area (Å²) in [6.45, 7) is 10.1. The van der Waals surface area contributed by atoms with E-state index in [9.17, 15) is 0 Å². The van der Waals surface area contributed by atoms with Crippen LogP contribution < -0.4 is 0 Å². The van der Waals surface area contributed by atoms with E-state index in [2.05, 4.69) is 25.7 Å². The zero-order valence-corrected chi connectivity index (χ0v) is 11.2. The summed E-state index contributed by atoms with van der Waals surface area (Å²) >= 11 is 0. The zero-order chi connectivity index (χ0) is 11.6. The Morgan fingerprint density at radius 3 is 2.44 bits per heavy atom. The Bertz CT molecular complexity index is 215. The van der Waals surface area contributed by atoms with Crippen molar-refractivity contribution in [3.63, 3.8) is 0 Å². The molecule has 1 heterocycles. The number of hydrogen-bond acceptors (Lipinski definition) is 2. The van der Waals surface area contributed by atoms with Crippen LogP contribution in [0.1, 0.15) is 52.9 Å². The molecule has 1 saturated carbocycles. The Hall–Kier alpha value is -0.0800. The lowest BCUT2D eigenvalue weighted by molar-refractivity contribution is -0.0220. The fraction of sp³-hybridized carbons (Fsp3) is 1.00. The average Bonchev–Trinajstić information content (AvgIpc) is 2.84. The van der Waals surface area contributed by atoms with Gasteiger partial charge >= 0.3 is 0 Å². The molecule has 1 aliphatic carbocycles. The van der Waals surface area contributed by atoms with Crippen LogP contribution in [0.5, 0.6) is 0 Å². The molecule has 1 saturated heterocycles. The highest BCUT2D eigenvalue weighted by atomic mass is 16.5. The highest BCUT2D eigenvalue weighted by molar-refractivity contribution is 4.85. The number of ether oxygens (including phenoxy) is 1. The van der Waals surface area contributed by atoms with Gasteiger partial charge in [0.05, 0.1) is 12.2 Å². The molecule has 0 aromatic heterocycles. The van der Waals surface area contributed by atoms with Crippen molar-refractivity contribution in [1.82, 2.24) is 4.90 Å². The van der Waals surface area contributed by atoms with E-state index in [0.717, 1.165) is 18.6 Å². The monoisotopic (exact) mass is 225 g/mol. The molecule has 2 heteroatoms. The SMILES string of the molecule is CC(C)(C)OCC1CCC(N2CCCC2)C1. The summed E-state index contributed by atoms with van der Waals surface area (Å²) in [7, 11) is 0.